The fourth-order valence-corrected chi connectivity index (χ4v) is 0.355. The van der Waals surface area contributed by atoms with Gasteiger partial charge in [0.05, 0.1) is 6.54 Å². The van der Waals surface area contributed by atoms with Gasteiger partial charge in [-0.25, -0.2) is 0 Å². The summed E-state index contributed by atoms with van der Waals surface area (Å²) in [5, 5.41) is 10.4. The van der Waals surface area contributed by atoms with Crippen molar-refractivity contribution in [2.45, 2.75) is 0 Å². The minimum atomic E-state index is 0. The molecule has 0 rings (SSSR count). The van der Waals surface area contributed by atoms with Crippen LogP contribution in [0.3, 0.4) is 0 Å². The molecule has 0 atom stereocenters. The number of hydrogen-bond acceptors (Lipinski definition) is 3. The van der Waals surface area contributed by atoms with E-state index in [4.69, 9.17) is 5.26 Å². The predicted octanol–water partition coefficient (Wildman–Crippen LogP) is -2.85. The fourth-order valence-electron chi connectivity index (χ4n) is 0.235. The number of hydrogen-bond donors (Lipinski definition) is 1. The quantitative estimate of drug-likeness (QED) is 0.0944. The van der Waals surface area contributed by atoms with E-state index in [1.54, 1.807) is 12.3 Å². The van der Waals surface area contributed by atoms with Crippen molar-refractivity contribution in [1.29, 1.82) is 5.26 Å². The van der Waals surface area contributed by atoms with E-state index in [0.29, 0.717) is 6.54 Å². The standard InChI is InChI=1S/C5H7N3S.K/c1-2-3-7-5(9)8-4-6;/h2H,1,3H2,(H2,7,8,9);/q;+1/p-1. The number of aliphatic imine (C=N–C) groups is 1. The summed E-state index contributed by atoms with van der Waals surface area (Å²) in [7, 11) is 0. The zero-order chi connectivity index (χ0) is 7.11. The van der Waals surface area contributed by atoms with E-state index < -0.39 is 0 Å². The van der Waals surface area contributed by atoms with E-state index >= 15 is 0 Å². The molecule has 0 aliphatic rings. The van der Waals surface area contributed by atoms with Crippen LogP contribution in [-0.2, 0) is 12.6 Å². The number of nitriles is 1. The van der Waals surface area contributed by atoms with Crippen LogP contribution < -0.4 is 56.7 Å². The van der Waals surface area contributed by atoms with Gasteiger partial charge in [-0.15, -0.1) is 6.58 Å². The van der Waals surface area contributed by atoms with Gasteiger partial charge in [-0.05, 0) is 5.17 Å². The predicted molar refractivity (Wildman–Crippen MR) is 38.6 cm³/mol. The summed E-state index contributed by atoms with van der Waals surface area (Å²) in [5.74, 6) is 0. The number of amidine groups is 1. The largest absolute Gasteiger partial charge is 1.00 e. The average molecular weight is 179 g/mol. The van der Waals surface area contributed by atoms with Gasteiger partial charge >= 0.3 is 51.4 Å². The third kappa shape index (κ3) is 8.56. The van der Waals surface area contributed by atoms with Crippen LogP contribution in [0.1, 0.15) is 0 Å². The summed E-state index contributed by atoms with van der Waals surface area (Å²) in [4.78, 5) is 3.71. The maximum absolute atomic E-state index is 8.00. The first kappa shape index (κ1) is 13.2. The van der Waals surface area contributed by atoms with Crippen LogP contribution in [0, 0.1) is 11.5 Å². The first-order valence-corrected chi connectivity index (χ1v) is 2.69. The van der Waals surface area contributed by atoms with Crippen molar-refractivity contribution in [3.63, 3.8) is 0 Å². The Balaban J connectivity index is 0. The minimum absolute atomic E-state index is 0. The summed E-state index contributed by atoms with van der Waals surface area (Å²) in [6, 6.07) is 0. The molecule has 0 radical (unpaired) electrons. The first-order chi connectivity index (χ1) is 4.31. The number of rotatable bonds is 2. The normalized spacial score (nSPS) is 8.90. The third-order valence-electron chi connectivity index (χ3n) is 0.527. The van der Waals surface area contributed by atoms with E-state index in [9.17, 15) is 0 Å². The minimum Gasteiger partial charge on any atom is -0.742 e. The topological polar surface area (TPSA) is 48.2 Å². The molecule has 0 aliphatic heterocycles. The van der Waals surface area contributed by atoms with Gasteiger partial charge in [0.15, 0.2) is 6.19 Å². The van der Waals surface area contributed by atoms with E-state index in [0.717, 1.165) is 0 Å². The molecule has 0 unspecified atom stereocenters. The van der Waals surface area contributed by atoms with Gasteiger partial charge in [-0.3, -0.25) is 4.99 Å². The molecule has 0 spiro atoms. The van der Waals surface area contributed by atoms with Crippen LogP contribution in [0.5, 0.6) is 0 Å². The molecular formula is C5H6KN3S. The SMILES string of the molecule is C=CCN=C([S-])NC#N.[K+]. The molecule has 0 aromatic heterocycles. The van der Waals surface area contributed by atoms with Crippen molar-refractivity contribution < 1.29 is 51.4 Å². The van der Waals surface area contributed by atoms with Crippen molar-refractivity contribution in [1.82, 2.24) is 5.32 Å². The zero-order valence-electron chi connectivity index (χ0n) is 5.79. The molecule has 0 heterocycles. The van der Waals surface area contributed by atoms with Crippen molar-refractivity contribution in [2.24, 2.45) is 4.99 Å². The first-order valence-electron chi connectivity index (χ1n) is 2.28. The van der Waals surface area contributed by atoms with Crippen LogP contribution in [-0.4, -0.2) is 11.7 Å². The molecule has 0 fully saturated rings. The molecule has 3 nitrogen and oxygen atoms in total. The molecule has 0 aromatic carbocycles. The van der Waals surface area contributed by atoms with Gasteiger partial charge in [0.1, 0.15) is 0 Å². The molecule has 0 saturated carbocycles. The van der Waals surface area contributed by atoms with E-state index in [-0.39, 0.29) is 56.6 Å². The van der Waals surface area contributed by atoms with Gasteiger partial charge in [-0.1, -0.05) is 6.08 Å². The van der Waals surface area contributed by atoms with Gasteiger partial charge in [-0.2, -0.15) is 5.26 Å². The summed E-state index contributed by atoms with van der Waals surface area (Å²) < 4.78 is 0. The zero-order valence-corrected chi connectivity index (χ0v) is 9.73. The second kappa shape index (κ2) is 9.56. The van der Waals surface area contributed by atoms with E-state index in [1.165, 1.54) is 0 Å². The van der Waals surface area contributed by atoms with Crippen LogP contribution in [0.4, 0.5) is 0 Å². The summed E-state index contributed by atoms with van der Waals surface area (Å²) in [5.41, 5.74) is 0. The second-order valence-corrected chi connectivity index (χ2v) is 1.56. The van der Waals surface area contributed by atoms with Gasteiger partial charge in [0.2, 0.25) is 0 Å². The van der Waals surface area contributed by atoms with Crippen LogP contribution in [0.15, 0.2) is 17.6 Å². The molecule has 0 bridgehead atoms. The van der Waals surface area contributed by atoms with Gasteiger partial charge in [0.25, 0.3) is 0 Å². The Morgan fingerprint density at radius 3 is 2.90 bits per heavy atom. The Morgan fingerprint density at radius 1 is 1.90 bits per heavy atom. The van der Waals surface area contributed by atoms with Crippen LogP contribution in [0.2, 0.25) is 0 Å². The maximum atomic E-state index is 8.00. The Kier molecular flexibility index (Phi) is 12.6. The molecular weight excluding hydrogens is 173 g/mol. The summed E-state index contributed by atoms with van der Waals surface area (Å²) >= 11 is 4.57. The third-order valence-corrected chi connectivity index (χ3v) is 0.758. The molecule has 0 aliphatic carbocycles. The number of nitrogens with zero attached hydrogens (tertiary/aromatic N) is 2. The molecule has 0 aromatic rings. The molecule has 5 heteroatoms. The maximum Gasteiger partial charge on any atom is 1.00 e. The van der Waals surface area contributed by atoms with E-state index in [1.807, 2.05) is 0 Å². The smallest absolute Gasteiger partial charge is 0.742 e. The Morgan fingerprint density at radius 2 is 2.50 bits per heavy atom. The Bertz CT molecular complexity index is 161. The fraction of sp³-hybridized carbons (Fsp3) is 0.200. The van der Waals surface area contributed by atoms with Crippen molar-refractivity contribution in [3.05, 3.63) is 12.7 Å². The summed E-state index contributed by atoms with van der Waals surface area (Å²) in [6.07, 6.45) is 3.26. The molecule has 48 valence electrons. The molecule has 10 heavy (non-hydrogen) atoms. The van der Waals surface area contributed by atoms with Crippen molar-refractivity contribution in [3.8, 4) is 6.19 Å². The number of nitrogens with one attached hydrogen (secondary N) is 1. The average Bonchev–Trinajstić information content (AvgIpc) is 1.85. The van der Waals surface area contributed by atoms with Crippen molar-refractivity contribution >= 4 is 17.8 Å². The molecule has 0 amide bonds. The van der Waals surface area contributed by atoms with Crippen LogP contribution in [0.25, 0.3) is 0 Å². The second-order valence-electron chi connectivity index (χ2n) is 1.17. The van der Waals surface area contributed by atoms with Crippen molar-refractivity contribution in [2.75, 3.05) is 6.54 Å². The summed E-state index contributed by atoms with van der Waals surface area (Å²) in [6.45, 7) is 3.88. The Labute approximate surface area is 108 Å². The van der Waals surface area contributed by atoms with Gasteiger partial charge in [0, 0.05) is 0 Å². The monoisotopic (exact) mass is 179 g/mol. The molecule has 0 saturated heterocycles. The Hall–Kier alpha value is 0.556. The van der Waals surface area contributed by atoms with Crippen LogP contribution >= 0.6 is 0 Å². The van der Waals surface area contributed by atoms with Gasteiger partial charge < -0.3 is 17.9 Å². The van der Waals surface area contributed by atoms with E-state index in [2.05, 4.69) is 29.5 Å². The molecule has 1 N–H and O–H groups in total.